The lowest BCUT2D eigenvalue weighted by Crippen LogP contribution is -2.15. The van der Waals surface area contributed by atoms with E-state index in [1.807, 2.05) is 41.5 Å². The fourth-order valence-electron chi connectivity index (χ4n) is 1.06. The summed E-state index contributed by atoms with van der Waals surface area (Å²) >= 11 is 0. The molecule has 1 atom stereocenters. The highest BCUT2D eigenvalue weighted by molar-refractivity contribution is 7.59. The molecule has 0 unspecified atom stereocenters. The van der Waals surface area contributed by atoms with E-state index in [0.717, 1.165) is 6.42 Å². The summed E-state index contributed by atoms with van der Waals surface area (Å²) in [5.74, 6) is 0. The van der Waals surface area contributed by atoms with E-state index in [4.69, 9.17) is 26.4 Å². The van der Waals surface area contributed by atoms with Crippen LogP contribution in [0.4, 0.5) is 0 Å². The predicted molar refractivity (Wildman–Crippen MR) is 75.5 cm³/mol. The summed E-state index contributed by atoms with van der Waals surface area (Å²) in [4.78, 5) is 0. The van der Waals surface area contributed by atoms with Crippen molar-refractivity contribution >= 4 is 18.2 Å². The third kappa shape index (κ3) is 15.8. The third-order valence-corrected chi connectivity index (χ3v) is 3.79. The van der Waals surface area contributed by atoms with E-state index in [1.165, 1.54) is 0 Å². The summed E-state index contributed by atoms with van der Waals surface area (Å²) in [6.45, 7) is 11.3. The lowest BCUT2D eigenvalue weighted by Gasteiger charge is -2.23. The Labute approximate surface area is 122 Å². The van der Waals surface area contributed by atoms with Crippen molar-refractivity contribution in [3.05, 3.63) is 0 Å². The monoisotopic (exact) mass is 332 g/mol. The van der Waals surface area contributed by atoms with Gasteiger partial charge in [-0.3, -0.25) is 4.57 Å². The minimum Gasteiger partial charge on any atom is -0.366 e. The van der Waals surface area contributed by atoms with Gasteiger partial charge in [-0.1, -0.05) is 6.92 Å². The SMILES string of the molecule is CC[C@@H](C)OCP(=O)(OC(C)C)OC(C)C.O=S(=O)=O. The van der Waals surface area contributed by atoms with Gasteiger partial charge in [0.05, 0.1) is 18.3 Å². The second-order valence-electron chi connectivity index (χ2n) is 4.64. The quantitative estimate of drug-likeness (QED) is 0.630. The van der Waals surface area contributed by atoms with Crippen molar-refractivity contribution in [2.24, 2.45) is 0 Å². The molecule has 0 amide bonds. The predicted octanol–water partition coefficient (Wildman–Crippen LogP) is 2.80. The van der Waals surface area contributed by atoms with Crippen LogP contribution in [0.25, 0.3) is 0 Å². The smallest absolute Gasteiger partial charge is 0.366 e. The molecule has 122 valence electrons. The second-order valence-corrected chi connectivity index (χ2v) is 6.95. The molecule has 0 heterocycles. The normalized spacial score (nSPS) is 13.0. The van der Waals surface area contributed by atoms with Gasteiger partial charge in [0.15, 0.2) is 0 Å². The van der Waals surface area contributed by atoms with E-state index in [9.17, 15) is 4.57 Å². The minimum atomic E-state index is -3.12. The first-order valence-corrected chi connectivity index (χ1v) is 9.09. The van der Waals surface area contributed by atoms with Crippen molar-refractivity contribution in [3.8, 4) is 0 Å². The molecule has 0 saturated heterocycles. The Morgan fingerprint density at radius 3 is 1.55 bits per heavy atom. The maximum Gasteiger partial charge on any atom is 0.425 e. The van der Waals surface area contributed by atoms with E-state index in [0.29, 0.717) is 0 Å². The van der Waals surface area contributed by atoms with Gasteiger partial charge in [0.1, 0.15) is 6.35 Å². The maximum absolute atomic E-state index is 12.3. The van der Waals surface area contributed by atoms with Gasteiger partial charge in [-0.2, -0.15) is 0 Å². The van der Waals surface area contributed by atoms with E-state index < -0.39 is 18.2 Å². The first-order chi connectivity index (χ1) is 9.02. The fraction of sp³-hybridized carbons (Fsp3) is 1.00. The third-order valence-electron chi connectivity index (χ3n) is 1.83. The van der Waals surface area contributed by atoms with E-state index in [2.05, 4.69) is 0 Å². The average Bonchev–Trinajstić information content (AvgIpc) is 2.22. The van der Waals surface area contributed by atoms with Crippen LogP contribution in [0, 0.1) is 0 Å². The van der Waals surface area contributed by atoms with Crippen LogP contribution in [0.1, 0.15) is 48.0 Å². The Morgan fingerprint density at radius 1 is 0.950 bits per heavy atom. The molecule has 9 heteroatoms. The summed E-state index contributed by atoms with van der Waals surface area (Å²) in [7, 11) is -6.23. The molecular formula is C11H25O7PS. The van der Waals surface area contributed by atoms with Crippen LogP contribution >= 0.6 is 7.60 Å². The molecule has 0 aromatic rings. The molecule has 0 aliphatic heterocycles. The standard InChI is InChI=1S/C11H25O4P.O3S/c1-7-11(6)13-8-16(12,14-9(2)3)15-10(4)5;1-4(2)3/h9-11H,7-8H2,1-6H3;/t11-;/m1./s1. The van der Waals surface area contributed by atoms with Crippen LogP contribution < -0.4 is 0 Å². The Balaban J connectivity index is 0. The summed E-state index contributed by atoms with van der Waals surface area (Å²) in [5, 5.41) is 0. The van der Waals surface area contributed by atoms with Crippen LogP contribution in [0.15, 0.2) is 0 Å². The summed E-state index contributed by atoms with van der Waals surface area (Å²) < 4.78 is 53.8. The van der Waals surface area contributed by atoms with Crippen molar-refractivity contribution in [2.75, 3.05) is 6.35 Å². The Morgan fingerprint density at radius 2 is 1.30 bits per heavy atom. The van der Waals surface area contributed by atoms with Gasteiger partial charge >= 0.3 is 18.2 Å². The molecule has 0 bridgehead atoms. The molecule has 0 radical (unpaired) electrons. The molecule has 0 aromatic carbocycles. The highest BCUT2D eigenvalue weighted by Crippen LogP contribution is 2.50. The van der Waals surface area contributed by atoms with Gasteiger partial charge in [-0.05, 0) is 41.0 Å². The fourth-order valence-corrected chi connectivity index (χ4v) is 2.96. The van der Waals surface area contributed by atoms with Gasteiger partial charge in [0.2, 0.25) is 0 Å². The van der Waals surface area contributed by atoms with Gasteiger partial charge in [-0.15, -0.1) is 12.6 Å². The van der Waals surface area contributed by atoms with Gasteiger partial charge in [-0.25, -0.2) is 0 Å². The van der Waals surface area contributed by atoms with Gasteiger partial charge in [0.25, 0.3) is 0 Å². The van der Waals surface area contributed by atoms with Crippen LogP contribution in [0.2, 0.25) is 0 Å². The number of ether oxygens (including phenoxy) is 1. The van der Waals surface area contributed by atoms with Gasteiger partial charge in [0, 0.05) is 0 Å². The molecule has 0 rings (SSSR count). The topological polar surface area (TPSA) is 96.0 Å². The molecule has 0 aliphatic rings. The largest absolute Gasteiger partial charge is 0.425 e. The first kappa shape index (κ1) is 22.0. The van der Waals surface area contributed by atoms with Crippen molar-refractivity contribution in [2.45, 2.75) is 66.3 Å². The van der Waals surface area contributed by atoms with Crippen LogP contribution in [-0.4, -0.2) is 37.3 Å². The second kappa shape index (κ2) is 11.4. The summed E-state index contributed by atoms with van der Waals surface area (Å²) in [6, 6.07) is 0. The zero-order chi connectivity index (χ0) is 16.3. The highest BCUT2D eigenvalue weighted by Gasteiger charge is 2.28. The lowest BCUT2D eigenvalue weighted by molar-refractivity contribution is 0.0611. The molecule has 20 heavy (non-hydrogen) atoms. The molecule has 0 fully saturated rings. The maximum atomic E-state index is 12.3. The lowest BCUT2D eigenvalue weighted by atomic mass is 10.3. The minimum absolute atomic E-state index is 0.0262. The Kier molecular flexibility index (Phi) is 12.5. The van der Waals surface area contributed by atoms with Crippen LogP contribution in [-0.2, 0) is 29.0 Å². The van der Waals surface area contributed by atoms with E-state index in [1.54, 1.807) is 0 Å². The van der Waals surface area contributed by atoms with Crippen molar-refractivity contribution in [1.82, 2.24) is 0 Å². The zero-order valence-electron chi connectivity index (χ0n) is 12.9. The Bertz CT molecular complexity index is 369. The van der Waals surface area contributed by atoms with E-state index >= 15 is 0 Å². The van der Waals surface area contributed by atoms with Gasteiger partial charge < -0.3 is 13.8 Å². The highest BCUT2D eigenvalue weighted by atomic mass is 32.2. The van der Waals surface area contributed by atoms with E-state index in [-0.39, 0.29) is 24.7 Å². The molecule has 7 nitrogen and oxygen atoms in total. The first-order valence-electron chi connectivity index (χ1n) is 6.36. The molecule has 0 saturated carbocycles. The average molecular weight is 332 g/mol. The summed E-state index contributed by atoms with van der Waals surface area (Å²) in [6.07, 6.45) is 0.705. The van der Waals surface area contributed by atoms with Crippen LogP contribution in [0.3, 0.4) is 0 Å². The van der Waals surface area contributed by atoms with Crippen molar-refractivity contribution in [3.63, 3.8) is 0 Å². The molecule has 0 spiro atoms. The molecule has 0 aromatic heterocycles. The zero-order valence-corrected chi connectivity index (χ0v) is 14.6. The molecular weight excluding hydrogens is 307 g/mol. The molecule has 0 N–H and O–H groups in total. The number of hydrogen-bond donors (Lipinski definition) is 0. The van der Waals surface area contributed by atoms with Crippen molar-refractivity contribution in [1.29, 1.82) is 0 Å². The Hall–Kier alpha value is -0.270. The molecule has 0 aliphatic carbocycles. The van der Waals surface area contributed by atoms with Crippen LogP contribution in [0.5, 0.6) is 0 Å². The summed E-state index contributed by atoms with van der Waals surface area (Å²) in [5.41, 5.74) is 0. The number of rotatable bonds is 8. The number of hydrogen-bond acceptors (Lipinski definition) is 7. The van der Waals surface area contributed by atoms with Crippen molar-refractivity contribution < 1.29 is 31.0 Å².